The van der Waals surface area contributed by atoms with Crippen LogP contribution in [0.1, 0.15) is 24.9 Å². The summed E-state index contributed by atoms with van der Waals surface area (Å²) in [6, 6.07) is 6.81. The number of guanidine groups is 1. The first-order valence-electron chi connectivity index (χ1n) is 10.1. The summed E-state index contributed by atoms with van der Waals surface area (Å²) in [5, 5.41) is 3.40. The zero-order chi connectivity index (χ0) is 20.4. The summed E-state index contributed by atoms with van der Waals surface area (Å²) in [7, 11) is 5.69. The predicted molar refractivity (Wildman–Crippen MR) is 127 cm³/mol. The van der Waals surface area contributed by atoms with E-state index < -0.39 is 0 Å². The molecular formula is C21H36FIN4O2. The fourth-order valence-electron chi connectivity index (χ4n) is 3.43. The highest BCUT2D eigenvalue weighted by molar-refractivity contribution is 14.0. The largest absolute Gasteiger partial charge is 0.382 e. The van der Waals surface area contributed by atoms with Crippen LogP contribution in [0.3, 0.4) is 0 Å². The van der Waals surface area contributed by atoms with Gasteiger partial charge in [-0.25, -0.2) is 4.39 Å². The highest BCUT2D eigenvalue weighted by Gasteiger charge is 2.25. The van der Waals surface area contributed by atoms with Crippen molar-refractivity contribution in [2.75, 3.05) is 67.2 Å². The van der Waals surface area contributed by atoms with Gasteiger partial charge in [0.15, 0.2) is 5.96 Å². The SMILES string of the molecule is CCNC(=NCC(c1cccc(F)c1)N(C)C)N1CCC(COCCOC)C1.I. The van der Waals surface area contributed by atoms with E-state index in [0.29, 0.717) is 25.7 Å². The first-order valence-corrected chi connectivity index (χ1v) is 10.1. The van der Waals surface area contributed by atoms with Gasteiger partial charge in [0.1, 0.15) is 5.82 Å². The zero-order valence-electron chi connectivity index (χ0n) is 18.1. The molecule has 0 spiro atoms. The molecule has 8 heteroatoms. The van der Waals surface area contributed by atoms with Crippen LogP contribution in [0.2, 0.25) is 0 Å². The molecule has 0 radical (unpaired) electrons. The summed E-state index contributed by atoms with van der Waals surface area (Å²) in [4.78, 5) is 9.25. The number of nitrogens with one attached hydrogen (secondary N) is 1. The number of rotatable bonds is 10. The van der Waals surface area contributed by atoms with Crippen molar-refractivity contribution in [2.24, 2.45) is 10.9 Å². The van der Waals surface area contributed by atoms with E-state index in [0.717, 1.165) is 44.2 Å². The molecule has 2 atom stereocenters. The summed E-state index contributed by atoms with van der Waals surface area (Å²) < 4.78 is 24.4. The fourth-order valence-corrected chi connectivity index (χ4v) is 3.43. The molecule has 0 aliphatic carbocycles. The van der Waals surface area contributed by atoms with Gasteiger partial charge in [-0.1, -0.05) is 12.1 Å². The maximum Gasteiger partial charge on any atom is 0.193 e. The van der Waals surface area contributed by atoms with Crippen LogP contribution >= 0.6 is 24.0 Å². The highest BCUT2D eigenvalue weighted by Crippen LogP contribution is 2.21. The molecule has 0 amide bonds. The summed E-state index contributed by atoms with van der Waals surface area (Å²) in [6.07, 6.45) is 1.10. The number of likely N-dealkylation sites (tertiary alicyclic amines) is 1. The summed E-state index contributed by atoms with van der Waals surface area (Å²) in [6.45, 7) is 7.39. The fraction of sp³-hybridized carbons (Fsp3) is 0.667. The molecule has 1 saturated heterocycles. The Kier molecular flexibility index (Phi) is 12.7. The van der Waals surface area contributed by atoms with Gasteiger partial charge in [-0.05, 0) is 45.1 Å². The van der Waals surface area contributed by atoms with Gasteiger partial charge < -0.3 is 24.6 Å². The molecule has 0 saturated carbocycles. The molecule has 1 aliphatic heterocycles. The minimum atomic E-state index is -0.212. The van der Waals surface area contributed by atoms with Gasteiger partial charge in [0.25, 0.3) is 0 Å². The van der Waals surface area contributed by atoms with Crippen molar-refractivity contribution >= 4 is 29.9 Å². The Morgan fingerprint density at radius 2 is 2.17 bits per heavy atom. The molecular weight excluding hydrogens is 486 g/mol. The van der Waals surface area contributed by atoms with E-state index in [-0.39, 0.29) is 35.8 Å². The van der Waals surface area contributed by atoms with E-state index in [9.17, 15) is 4.39 Å². The molecule has 2 rings (SSSR count). The lowest BCUT2D eigenvalue weighted by molar-refractivity contribution is 0.0536. The zero-order valence-corrected chi connectivity index (χ0v) is 20.4. The maximum absolute atomic E-state index is 13.7. The van der Waals surface area contributed by atoms with Crippen molar-refractivity contribution in [3.05, 3.63) is 35.6 Å². The minimum Gasteiger partial charge on any atom is -0.382 e. The first-order chi connectivity index (χ1) is 13.5. The second-order valence-electron chi connectivity index (χ2n) is 7.40. The Morgan fingerprint density at radius 3 is 2.83 bits per heavy atom. The van der Waals surface area contributed by atoms with Crippen LogP contribution in [0.4, 0.5) is 4.39 Å². The molecule has 166 valence electrons. The van der Waals surface area contributed by atoms with Crippen LogP contribution in [0.5, 0.6) is 0 Å². The number of benzene rings is 1. The number of likely N-dealkylation sites (N-methyl/N-ethyl adjacent to an activating group) is 1. The van der Waals surface area contributed by atoms with E-state index in [1.54, 1.807) is 19.2 Å². The maximum atomic E-state index is 13.7. The number of hydrogen-bond donors (Lipinski definition) is 1. The quantitative estimate of drug-likeness (QED) is 0.222. The summed E-state index contributed by atoms with van der Waals surface area (Å²) in [5.74, 6) is 1.22. The van der Waals surface area contributed by atoms with Gasteiger partial charge in [0.2, 0.25) is 0 Å². The Bertz CT molecular complexity index is 618. The van der Waals surface area contributed by atoms with Gasteiger partial charge >= 0.3 is 0 Å². The predicted octanol–water partition coefficient (Wildman–Crippen LogP) is 3.00. The third kappa shape index (κ3) is 8.74. The number of nitrogens with zero attached hydrogens (tertiary/aromatic N) is 3. The van der Waals surface area contributed by atoms with Gasteiger partial charge in [-0.15, -0.1) is 24.0 Å². The van der Waals surface area contributed by atoms with E-state index in [2.05, 4.69) is 22.0 Å². The van der Waals surface area contributed by atoms with Crippen molar-refractivity contribution in [1.29, 1.82) is 0 Å². The number of methoxy groups -OCH3 is 1. The van der Waals surface area contributed by atoms with Crippen molar-refractivity contribution in [3.63, 3.8) is 0 Å². The van der Waals surface area contributed by atoms with E-state index in [1.807, 2.05) is 20.2 Å². The number of halogens is 2. The van der Waals surface area contributed by atoms with Crippen molar-refractivity contribution < 1.29 is 13.9 Å². The lowest BCUT2D eigenvalue weighted by atomic mass is 10.1. The number of aliphatic imine (C=N–C) groups is 1. The second kappa shape index (κ2) is 14.1. The van der Waals surface area contributed by atoms with Gasteiger partial charge in [-0.3, -0.25) is 4.99 Å². The van der Waals surface area contributed by atoms with Gasteiger partial charge in [0.05, 0.1) is 32.4 Å². The van der Waals surface area contributed by atoms with Crippen molar-refractivity contribution in [2.45, 2.75) is 19.4 Å². The van der Waals surface area contributed by atoms with Crippen molar-refractivity contribution in [1.82, 2.24) is 15.1 Å². The third-order valence-electron chi connectivity index (χ3n) is 4.98. The lowest BCUT2D eigenvalue weighted by Crippen LogP contribution is -2.41. The van der Waals surface area contributed by atoms with Gasteiger partial charge in [0, 0.05) is 32.7 Å². The third-order valence-corrected chi connectivity index (χ3v) is 4.98. The molecule has 1 aromatic rings. The smallest absolute Gasteiger partial charge is 0.193 e. The van der Waals surface area contributed by atoms with Gasteiger partial charge in [-0.2, -0.15) is 0 Å². The normalized spacial score (nSPS) is 18.1. The van der Waals surface area contributed by atoms with Crippen LogP contribution in [0.25, 0.3) is 0 Å². The first kappa shape index (κ1) is 26.1. The molecule has 1 heterocycles. The average molecular weight is 522 g/mol. The molecule has 0 bridgehead atoms. The Hall–Kier alpha value is -0.970. The molecule has 1 N–H and O–H groups in total. The topological polar surface area (TPSA) is 49.3 Å². The minimum absolute atomic E-state index is 0. The number of ether oxygens (including phenoxy) is 2. The summed E-state index contributed by atoms with van der Waals surface area (Å²) in [5.41, 5.74) is 0.940. The molecule has 1 aromatic carbocycles. The molecule has 2 unspecified atom stereocenters. The molecule has 29 heavy (non-hydrogen) atoms. The summed E-state index contributed by atoms with van der Waals surface area (Å²) >= 11 is 0. The second-order valence-corrected chi connectivity index (χ2v) is 7.40. The van der Waals surface area contributed by atoms with E-state index in [1.165, 1.54) is 6.07 Å². The van der Waals surface area contributed by atoms with Crippen LogP contribution in [0, 0.1) is 11.7 Å². The molecule has 6 nitrogen and oxygen atoms in total. The van der Waals surface area contributed by atoms with E-state index in [4.69, 9.17) is 14.5 Å². The monoisotopic (exact) mass is 522 g/mol. The standard InChI is InChI=1S/C21H35FN4O2.HI/c1-5-23-21(26-10-9-17(15-26)16-28-12-11-27-4)24-14-20(25(2)3)18-7-6-8-19(22)13-18;/h6-8,13,17,20H,5,9-12,14-16H2,1-4H3,(H,23,24);1H. The molecule has 1 fully saturated rings. The van der Waals surface area contributed by atoms with Crippen molar-refractivity contribution in [3.8, 4) is 0 Å². The van der Waals surface area contributed by atoms with E-state index >= 15 is 0 Å². The van der Waals surface area contributed by atoms with Crippen LogP contribution in [0.15, 0.2) is 29.3 Å². The number of hydrogen-bond acceptors (Lipinski definition) is 4. The lowest BCUT2D eigenvalue weighted by Gasteiger charge is -2.26. The molecule has 0 aromatic heterocycles. The average Bonchev–Trinajstić information content (AvgIpc) is 3.13. The Balaban J connectivity index is 0.00000420. The van der Waals surface area contributed by atoms with Crippen LogP contribution in [-0.2, 0) is 9.47 Å². The molecule has 1 aliphatic rings. The van der Waals surface area contributed by atoms with Crippen LogP contribution < -0.4 is 5.32 Å². The van der Waals surface area contributed by atoms with Crippen LogP contribution in [-0.4, -0.2) is 83.0 Å². The Morgan fingerprint density at radius 1 is 1.38 bits per heavy atom. The highest BCUT2D eigenvalue weighted by atomic mass is 127. The Labute approximate surface area is 191 Å².